The zero-order valence-electron chi connectivity index (χ0n) is 11.1. The van der Waals surface area contributed by atoms with E-state index in [0.29, 0.717) is 18.8 Å². The first-order valence-corrected chi connectivity index (χ1v) is 6.08. The summed E-state index contributed by atoms with van der Waals surface area (Å²) in [4.78, 5) is 1.93. The number of rotatable bonds is 7. The van der Waals surface area contributed by atoms with Crippen LogP contribution in [0.25, 0.3) is 0 Å². The summed E-state index contributed by atoms with van der Waals surface area (Å²) >= 11 is 0. The third-order valence-electron chi connectivity index (χ3n) is 2.93. The van der Waals surface area contributed by atoms with E-state index in [1.54, 1.807) is 18.2 Å². The van der Waals surface area contributed by atoms with Gasteiger partial charge in [-0.1, -0.05) is 24.3 Å². The quantitative estimate of drug-likeness (QED) is 0.745. The van der Waals surface area contributed by atoms with Gasteiger partial charge in [0.15, 0.2) is 0 Å². The van der Waals surface area contributed by atoms with E-state index in [1.165, 1.54) is 6.07 Å². The second-order valence-corrected chi connectivity index (χ2v) is 4.17. The summed E-state index contributed by atoms with van der Waals surface area (Å²) in [5.41, 5.74) is 1.57. The maximum Gasteiger partial charge on any atom is 0.146 e. The maximum absolute atomic E-state index is 14.1. The van der Waals surface area contributed by atoms with Gasteiger partial charge in [-0.15, -0.1) is 13.2 Å². The number of benzene rings is 1. The van der Waals surface area contributed by atoms with Gasteiger partial charge in [-0.2, -0.15) is 0 Å². The number of halogens is 1. The highest BCUT2D eigenvalue weighted by Crippen LogP contribution is 2.29. The van der Waals surface area contributed by atoms with Crippen molar-refractivity contribution in [1.82, 2.24) is 5.32 Å². The zero-order valence-corrected chi connectivity index (χ0v) is 11.1. The zero-order chi connectivity index (χ0) is 13.5. The van der Waals surface area contributed by atoms with Gasteiger partial charge in [-0.3, -0.25) is 0 Å². The summed E-state index contributed by atoms with van der Waals surface area (Å²) in [5, 5.41) is 3.14. The van der Waals surface area contributed by atoms with Crippen molar-refractivity contribution in [3.05, 3.63) is 54.9 Å². The summed E-state index contributed by atoms with van der Waals surface area (Å²) in [7, 11) is 1.87. The lowest BCUT2D eigenvalue weighted by molar-refractivity contribution is 0.603. The summed E-state index contributed by atoms with van der Waals surface area (Å²) < 4.78 is 14.1. The van der Waals surface area contributed by atoms with Crippen LogP contribution in [0.1, 0.15) is 18.5 Å². The minimum Gasteiger partial charge on any atom is -0.361 e. The molecule has 1 aromatic carbocycles. The molecule has 1 N–H and O–H groups in total. The number of hydrogen-bond acceptors (Lipinski definition) is 2. The topological polar surface area (TPSA) is 15.3 Å². The van der Waals surface area contributed by atoms with Crippen LogP contribution in [0, 0.1) is 5.82 Å². The average molecular weight is 248 g/mol. The normalized spacial score (nSPS) is 11.9. The molecule has 0 aliphatic heterocycles. The van der Waals surface area contributed by atoms with Crippen LogP contribution < -0.4 is 10.2 Å². The molecule has 0 fully saturated rings. The van der Waals surface area contributed by atoms with Crippen LogP contribution in [-0.4, -0.2) is 20.1 Å². The Balaban J connectivity index is 3.24. The highest BCUT2D eigenvalue weighted by molar-refractivity contribution is 5.57. The van der Waals surface area contributed by atoms with Crippen LogP contribution in [0.15, 0.2) is 43.5 Å². The number of anilines is 1. The van der Waals surface area contributed by atoms with E-state index in [1.807, 2.05) is 24.9 Å². The molecule has 0 radical (unpaired) electrons. The molecule has 0 bridgehead atoms. The van der Waals surface area contributed by atoms with E-state index in [4.69, 9.17) is 0 Å². The van der Waals surface area contributed by atoms with E-state index >= 15 is 0 Å². The van der Waals surface area contributed by atoms with Crippen molar-refractivity contribution in [1.29, 1.82) is 0 Å². The first kappa shape index (κ1) is 14.5. The third-order valence-corrected chi connectivity index (χ3v) is 2.93. The predicted octanol–water partition coefficient (Wildman–Crippen LogP) is 3.28. The van der Waals surface area contributed by atoms with Gasteiger partial charge in [0.1, 0.15) is 5.82 Å². The minimum atomic E-state index is -0.210. The number of nitrogens with zero attached hydrogens (tertiary/aromatic N) is 1. The molecule has 0 saturated heterocycles. The van der Waals surface area contributed by atoms with Gasteiger partial charge in [-0.25, -0.2) is 4.39 Å². The Morgan fingerprint density at radius 3 is 2.44 bits per heavy atom. The van der Waals surface area contributed by atoms with Crippen molar-refractivity contribution in [2.45, 2.75) is 13.0 Å². The molecule has 0 aliphatic carbocycles. The van der Waals surface area contributed by atoms with Crippen LogP contribution in [0.2, 0.25) is 0 Å². The van der Waals surface area contributed by atoms with Crippen LogP contribution in [0.3, 0.4) is 0 Å². The number of para-hydroxylation sites is 1. The molecule has 98 valence electrons. The van der Waals surface area contributed by atoms with Gasteiger partial charge in [0, 0.05) is 19.1 Å². The van der Waals surface area contributed by atoms with E-state index in [0.717, 1.165) is 5.56 Å². The van der Waals surface area contributed by atoms with E-state index in [2.05, 4.69) is 18.5 Å². The van der Waals surface area contributed by atoms with Crippen molar-refractivity contribution in [3.63, 3.8) is 0 Å². The Hall–Kier alpha value is -1.61. The standard InChI is InChI=1S/C15H21FN2/c1-5-10-18(11-6-2)15-13(12(3)17-4)8-7-9-14(15)16/h5-9,12,17H,1-2,10-11H2,3-4H3. The van der Waals surface area contributed by atoms with Gasteiger partial charge < -0.3 is 10.2 Å². The van der Waals surface area contributed by atoms with Gasteiger partial charge in [0.25, 0.3) is 0 Å². The third kappa shape index (κ3) is 3.20. The fourth-order valence-electron chi connectivity index (χ4n) is 1.94. The van der Waals surface area contributed by atoms with Gasteiger partial charge in [-0.05, 0) is 25.6 Å². The first-order valence-electron chi connectivity index (χ1n) is 6.08. The minimum absolute atomic E-state index is 0.0906. The molecule has 1 aromatic rings. The predicted molar refractivity (Wildman–Crippen MR) is 76.5 cm³/mol. The summed E-state index contributed by atoms with van der Waals surface area (Å²) in [6, 6.07) is 5.26. The fraction of sp³-hybridized carbons (Fsp3) is 0.333. The highest BCUT2D eigenvalue weighted by Gasteiger charge is 2.17. The Bertz CT molecular complexity index is 405. The van der Waals surface area contributed by atoms with Crippen molar-refractivity contribution in [2.75, 3.05) is 25.0 Å². The number of hydrogen-bond donors (Lipinski definition) is 1. The molecule has 1 rings (SSSR count). The average Bonchev–Trinajstić information content (AvgIpc) is 2.37. The highest BCUT2D eigenvalue weighted by atomic mass is 19.1. The number of nitrogens with one attached hydrogen (secondary N) is 1. The molecule has 18 heavy (non-hydrogen) atoms. The van der Waals surface area contributed by atoms with E-state index in [9.17, 15) is 4.39 Å². The Morgan fingerprint density at radius 1 is 1.33 bits per heavy atom. The summed E-state index contributed by atoms with van der Waals surface area (Å²) in [6.07, 6.45) is 3.54. The van der Waals surface area contributed by atoms with Crippen molar-refractivity contribution < 1.29 is 4.39 Å². The SMILES string of the molecule is C=CCN(CC=C)c1c(F)cccc1C(C)NC. The summed E-state index contributed by atoms with van der Waals surface area (Å²) in [5.74, 6) is -0.210. The van der Waals surface area contributed by atoms with Gasteiger partial charge in [0.2, 0.25) is 0 Å². The molecule has 0 amide bonds. The Morgan fingerprint density at radius 2 is 1.94 bits per heavy atom. The molecule has 3 heteroatoms. The lowest BCUT2D eigenvalue weighted by atomic mass is 10.0. The second kappa shape index (κ2) is 6.97. The van der Waals surface area contributed by atoms with E-state index < -0.39 is 0 Å². The smallest absolute Gasteiger partial charge is 0.146 e. The fourth-order valence-corrected chi connectivity index (χ4v) is 1.94. The first-order chi connectivity index (χ1) is 8.65. The molecule has 0 aromatic heterocycles. The molecule has 2 nitrogen and oxygen atoms in total. The van der Waals surface area contributed by atoms with Gasteiger partial charge in [0.05, 0.1) is 5.69 Å². The molecular weight excluding hydrogens is 227 g/mol. The lowest BCUT2D eigenvalue weighted by Crippen LogP contribution is -2.27. The van der Waals surface area contributed by atoms with Crippen molar-refractivity contribution >= 4 is 5.69 Å². The molecule has 1 unspecified atom stereocenters. The van der Waals surface area contributed by atoms with Crippen LogP contribution in [-0.2, 0) is 0 Å². The van der Waals surface area contributed by atoms with Gasteiger partial charge >= 0.3 is 0 Å². The second-order valence-electron chi connectivity index (χ2n) is 4.17. The Kier molecular flexibility index (Phi) is 5.59. The molecule has 1 atom stereocenters. The maximum atomic E-state index is 14.1. The molecule has 0 spiro atoms. The monoisotopic (exact) mass is 248 g/mol. The molecular formula is C15H21FN2. The van der Waals surface area contributed by atoms with Crippen molar-refractivity contribution in [2.24, 2.45) is 0 Å². The largest absolute Gasteiger partial charge is 0.361 e. The Labute approximate surface area is 109 Å². The molecule has 0 aliphatic rings. The molecule has 0 heterocycles. The van der Waals surface area contributed by atoms with Crippen LogP contribution >= 0.6 is 0 Å². The lowest BCUT2D eigenvalue weighted by Gasteiger charge is -2.27. The van der Waals surface area contributed by atoms with Crippen LogP contribution in [0.5, 0.6) is 0 Å². The van der Waals surface area contributed by atoms with E-state index in [-0.39, 0.29) is 11.9 Å². The summed E-state index contributed by atoms with van der Waals surface area (Å²) in [6.45, 7) is 10.6. The van der Waals surface area contributed by atoms with Crippen molar-refractivity contribution in [3.8, 4) is 0 Å². The molecule has 0 saturated carbocycles. The van der Waals surface area contributed by atoms with Crippen LogP contribution in [0.4, 0.5) is 10.1 Å².